The van der Waals surface area contributed by atoms with Gasteiger partial charge in [-0.2, -0.15) is 0 Å². The summed E-state index contributed by atoms with van der Waals surface area (Å²) in [5.74, 6) is -0.741. The maximum Gasteiger partial charge on any atom is 0.396 e. The Labute approximate surface area is 140 Å². The Morgan fingerprint density at radius 1 is 1.33 bits per heavy atom. The first-order valence-corrected chi connectivity index (χ1v) is 7.92. The zero-order valence-corrected chi connectivity index (χ0v) is 13.8. The second-order valence-corrected chi connectivity index (χ2v) is 5.83. The van der Waals surface area contributed by atoms with E-state index in [2.05, 4.69) is 4.74 Å². The molecule has 1 saturated heterocycles. The number of epoxide rings is 1. The molecular weight excluding hydrogens is 314 g/mol. The van der Waals surface area contributed by atoms with Crippen LogP contribution in [0.15, 0.2) is 18.2 Å². The van der Waals surface area contributed by atoms with E-state index in [-0.39, 0.29) is 12.4 Å². The maximum absolute atomic E-state index is 12.0. The summed E-state index contributed by atoms with van der Waals surface area (Å²) in [6, 6.07) is 5.94. The molecule has 1 amide bonds. The van der Waals surface area contributed by atoms with Crippen LogP contribution in [-0.4, -0.2) is 56.5 Å². The summed E-state index contributed by atoms with van der Waals surface area (Å²) in [5.41, 5.74) is 2.03. The van der Waals surface area contributed by atoms with Crippen molar-refractivity contribution < 1.29 is 28.5 Å². The minimum absolute atomic E-state index is 0.0695. The van der Waals surface area contributed by atoms with Gasteiger partial charge in [0.15, 0.2) is 6.29 Å². The van der Waals surface area contributed by atoms with Crippen molar-refractivity contribution in [1.82, 2.24) is 4.90 Å². The zero-order valence-electron chi connectivity index (χ0n) is 13.8. The lowest BCUT2D eigenvalue weighted by Gasteiger charge is -2.17. The molecule has 7 nitrogen and oxygen atoms in total. The van der Waals surface area contributed by atoms with E-state index in [0.717, 1.165) is 29.7 Å². The molecule has 1 fully saturated rings. The fourth-order valence-electron chi connectivity index (χ4n) is 2.81. The molecule has 0 spiro atoms. The van der Waals surface area contributed by atoms with E-state index in [1.165, 1.54) is 12.0 Å². The molecule has 1 aromatic carbocycles. The Morgan fingerprint density at radius 3 is 2.88 bits per heavy atom. The highest BCUT2D eigenvalue weighted by Gasteiger charge is 2.38. The molecule has 2 aliphatic rings. The van der Waals surface area contributed by atoms with Crippen LogP contribution in [0, 0.1) is 0 Å². The highest BCUT2D eigenvalue weighted by molar-refractivity contribution is 6.32. The number of nitrogens with zero attached hydrogens (tertiary/aromatic N) is 1. The summed E-state index contributed by atoms with van der Waals surface area (Å²) in [4.78, 5) is 24.8. The average Bonchev–Trinajstić information content (AvgIpc) is 3.39. The van der Waals surface area contributed by atoms with Crippen LogP contribution in [0.1, 0.15) is 17.5 Å². The fourth-order valence-corrected chi connectivity index (χ4v) is 2.81. The van der Waals surface area contributed by atoms with Crippen molar-refractivity contribution in [2.45, 2.75) is 31.8 Å². The van der Waals surface area contributed by atoms with Crippen LogP contribution >= 0.6 is 0 Å². The number of hydrogen-bond donors (Lipinski definition) is 0. The molecule has 2 heterocycles. The molecule has 1 aromatic rings. The quantitative estimate of drug-likeness (QED) is 0.462. The van der Waals surface area contributed by atoms with E-state index in [1.54, 1.807) is 7.11 Å². The van der Waals surface area contributed by atoms with Gasteiger partial charge < -0.3 is 23.8 Å². The number of aryl methyl sites for hydroxylation is 1. The van der Waals surface area contributed by atoms with Crippen molar-refractivity contribution in [3.05, 3.63) is 29.3 Å². The van der Waals surface area contributed by atoms with E-state index in [4.69, 9.17) is 14.2 Å². The first-order chi connectivity index (χ1) is 11.6. The average molecular weight is 335 g/mol. The molecule has 0 radical (unpaired) electrons. The van der Waals surface area contributed by atoms with E-state index in [9.17, 15) is 9.59 Å². The normalized spacial score (nSPS) is 22.2. The monoisotopic (exact) mass is 335 g/mol. The topological polar surface area (TPSA) is 77.6 Å². The predicted octanol–water partition coefficient (Wildman–Crippen LogP) is 0.884. The van der Waals surface area contributed by atoms with Crippen molar-refractivity contribution >= 4 is 11.9 Å². The molecular formula is C17H21NO6. The number of carbonyl (C=O) groups is 2. The Bertz CT molecular complexity index is 632. The van der Waals surface area contributed by atoms with Crippen LogP contribution in [0.5, 0.6) is 5.75 Å². The van der Waals surface area contributed by atoms with Crippen LogP contribution in [0.4, 0.5) is 0 Å². The molecule has 0 aromatic heterocycles. The first-order valence-electron chi connectivity index (χ1n) is 7.92. The van der Waals surface area contributed by atoms with Gasteiger partial charge in [0.1, 0.15) is 18.5 Å². The van der Waals surface area contributed by atoms with E-state index in [0.29, 0.717) is 19.7 Å². The smallest absolute Gasteiger partial charge is 0.396 e. The number of ether oxygens (including phenoxy) is 4. The van der Waals surface area contributed by atoms with Crippen molar-refractivity contribution in [3.63, 3.8) is 0 Å². The molecule has 2 atom stereocenters. The van der Waals surface area contributed by atoms with Gasteiger partial charge in [-0.1, -0.05) is 12.1 Å². The van der Waals surface area contributed by atoms with Gasteiger partial charge >= 0.3 is 11.9 Å². The molecule has 2 unspecified atom stereocenters. The second kappa shape index (κ2) is 7.19. The summed E-state index contributed by atoms with van der Waals surface area (Å²) >= 11 is 0. The number of benzene rings is 1. The highest BCUT2D eigenvalue weighted by Crippen LogP contribution is 2.29. The summed E-state index contributed by atoms with van der Waals surface area (Å²) in [6.45, 7) is 1.03. The number of esters is 1. The van der Waals surface area contributed by atoms with Crippen LogP contribution in [0.2, 0.25) is 0 Å². The van der Waals surface area contributed by atoms with E-state index in [1.807, 2.05) is 18.2 Å². The summed E-state index contributed by atoms with van der Waals surface area (Å²) < 4.78 is 20.7. The second-order valence-electron chi connectivity index (χ2n) is 5.83. The third-order valence-electron chi connectivity index (χ3n) is 4.24. The Balaban J connectivity index is 1.64. The lowest BCUT2D eigenvalue weighted by molar-refractivity contribution is -0.158. The minimum Gasteiger partial charge on any atom is -0.491 e. The van der Waals surface area contributed by atoms with E-state index < -0.39 is 11.9 Å². The summed E-state index contributed by atoms with van der Waals surface area (Å²) in [7, 11) is 2.84. The molecule has 24 heavy (non-hydrogen) atoms. The number of carbonyl (C=O) groups excluding carboxylic acids is 2. The van der Waals surface area contributed by atoms with E-state index >= 15 is 0 Å². The molecule has 0 N–H and O–H groups in total. The van der Waals surface area contributed by atoms with Gasteiger partial charge in [-0.15, -0.1) is 0 Å². The number of hydrogen-bond acceptors (Lipinski definition) is 6. The lowest BCUT2D eigenvalue weighted by Crippen LogP contribution is -2.38. The standard InChI is InChI=1S/C17H21NO6/c1-21-16(20)15(19)18-7-8-23-14-9-11(3-5-12(14)10-18)4-6-13-17(22-2)24-13/h3,5,9,13,17H,4,6-8,10H2,1-2H3. The van der Waals surface area contributed by atoms with Crippen LogP contribution in [0.3, 0.4) is 0 Å². The number of amides is 1. The van der Waals surface area contributed by atoms with Crippen LogP contribution in [-0.2, 0) is 36.8 Å². The van der Waals surface area contributed by atoms with Gasteiger partial charge in [0.25, 0.3) is 0 Å². The summed E-state index contributed by atoms with van der Waals surface area (Å²) in [5, 5.41) is 0. The third-order valence-corrected chi connectivity index (χ3v) is 4.24. The molecule has 2 aliphatic heterocycles. The molecule has 0 saturated carbocycles. The first kappa shape index (κ1) is 16.7. The highest BCUT2D eigenvalue weighted by atomic mass is 16.8. The van der Waals surface area contributed by atoms with Crippen molar-refractivity contribution in [1.29, 1.82) is 0 Å². The maximum atomic E-state index is 12.0. The van der Waals surface area contributed by atoms with Crippen molar-refractivity contribution in [2.24, 2.45) is 0 Å². The van der Waals surface area contributed by atoms with Gasteiger partial charge in [-0.05, 0) is 24.5 Å². The summed E-state index contributed by atoms with van der Waals surface area (Å²) in [6.07, 6.45) is 1.86. The fraction of sp³-hybridized carbons (Fsp3) is 0.529. The Kier molecular flexibility index (Phi) is 5.01. The number of methoxy groups -OCH3 is 2. The number of fused-ring (bicyclic) bond motifs is 1. The molecule has 0 aliphatic carbocycles. The molecule has 7 heteroatoms. The van der Waals surface area contributed by atoms with Crippen LogP contribution in [0.25, 0.3) is 0 Å². The van der Waals surface area contributed by atoms with Crippen LogP contribution < -0.4 is 4.74 Å². The van der Waals surface area contributed by atoms with Gasteiger partial charge in [0.2, 0.25) is 0 Å². The van der Waals surface area contributed by atoms with Gasteiger partial charge in [0.05, 0.1) is 13.7 Å². The van der Waals surface area contributed by atoms with Crippen molar-refractivity contribution in [3.8, 4) is 5.75 Å². The minimum atomic E-state index is -0.854. The van der Waals surface area contributed by atoms with Gasteiger partial charge in [-0.25, -0.2) is 4.79 Å². The number of rotatable bonds is 4. The lowest BCUT2D eigenvalue weighted by atomic mass is 10.0. The SMILES string of the molecule is COC(=O)C(=O)N1CCOc2cc(CCC3OC3OC)ccc2C1. The molecule has 3 rings (SSSR count). The van der Waals surface area contributed by atoms with Crippen molar-refractivity contribution in [2.75, 3.05) is 27.4 Å². The van der Waals surface area contributed by atoms with Gasteiger partial charge in [0, 0.05) is 19.2 Å². The largest absolute Gasteiger partial charge is 0.491 e. The zero-order chi connectivity index (χ0) is 17.1. The predicted molar refractivity (Wildman–Crippen MR) is 83.4 cm³/mol. The Hall–Kier alpha value is -2.12. The molecule has 130 valence electrons. The molecule has 0 bridgehead atoms. The third kappa shape index (κ3) is 3.68. The Morgan fingerprint density at radius 2 is 2.17 bits per heavy atom. The van der Waals surface area contributed by atoms with Gasteiger partial charge in [-0.3, -0.25) is 4.79 Å².